The molecule has 1 N–H and O–H groups in total. The van der Waals surface area contributed by atoms with Crippen LogP contribution in [-0.4, -0.2) is 24.2 Å². The molecule has 1 saturated heterocycles. The minimum atomic E-state index is -0.590. The fourth-order valence-electron chi connectivity index (χ4n) is 2.89. The molecule has 4 rings (SSSR count). The van der Waals surface area contributed by atoms with Crippen molar-refractivity contribution in [3.05, 3.63) is 93.9 Å². The van der Waals surface area contributed by atoms with Crippen LogP contribution < -0.4 is 14.8 Å². The van der Waals surface area contributed by atoms with E-state index in [1.54, 1.807) is 48.5 Å². The quantitative estimate of drug-likeness (QED) is 0.308. The van der Waals surface area contributed by atoms with Gasteiger partial charge in [0.1, 0.15) is 0 Å². The van der Waals surface area contributed by atoms with E-state index in [0.29, 0.717) is 26.4 Å². The number of halogens is 1. The van der Waals surface area contributed by atoms with Crippen molar-refractivity contribution in [2.45, 2.75) is 0 Å². The lowest BCUT2D eigenvalue weighted by Crippen LogP contribution is -2.19. The monoisotopic (exact) mass is 464 g/mol. The smallest absolute Gasteiger partial charge is 0.345 e. The van der Waals surface area contributed by atoms with Crippen LogP contribution in [0.3, 0.4) is 0 Å². The summed E-state index contributed by atoms with van der Waals surface area (Å²) in [4.78, 5) is 29.7. The first-order valence-corrected chi connectivity index (χ1v) is 10.7. The second-order valence-corrected chi connectivity index (χ2v) is 8.03. The molecule has 0 bridgehead atoms. The Bertz CT molecular complexity index is 1240. The lowest BCUT2D eigenvalue weighted by Gasteiger charge is -2.10. The Balaban J connectivity index is 1.53. The number of nitrogens with zero attached hydrogens (tertiary/aromatic N) is 1. The second-order valence-electron chi connectivity index (χ2n) is 6.60. The number of hydrogen-bond donors (Lipinski definition) is 1. The minimum Gasteiger partial charge on any atom is -0.493 e. The third kappa shape index (κ3) is 5.01. The summed E-state index contributed by atoms with van der Waals surface area (Å²) in [5, 5.41) is 3.56. The highest BCUT2D eigenvalue weighted by atomic mass is 35.5. The van der Waals surface area contributed by atoms with Crippen molar-refractivity contribution in [2.75, 3.05) is 7.11 Å². The summed E-state index contributed by atoms with van der Waals surface area (Å²) in [5.41, 5.74) is 1.72. The third-order valence-electron chi connectivity index (χ3n) is 4.42. The van der Waals surface area contributed by atoms with Crippen molar-refractivity contribution in [3.63, 3.8) is 0 Å². The molecule has 1 aliphatic rings. The SMILES string of the molecule is COc1cc(C=C2SC(=Nc3ccccc3)NC2=O)ccc1OC(=O)c1ccccc1Cl. The molecule has 0 aromatic heterocycles. The maximum absolute atomic E-state index is 12.5. The molecule has 0 saturated carbocycles. The van der Waals surface area contributed by atoms with Gasteiger partial charge in [0.15, 0.2) is 16.7 Å². The molecule has 0 atom stereocenters. The summed E-state index contributed by atoms with van der Waals surface area (Å²) in [5.74, 6) is -0.235. The van der Waals surface area contributed by atoms with Gasteiger partial charge in [0.05, 0.1) is 28.3 Å². The average molecular weight is 465 g/mol. The Morgan fingerprint density at radius 1 is 1.03 bits per heavy atom. The van der Waals surface area contributed by atoms with Crippen LogP contribution in [0.25, 0.3) is 6.08 Å². The van der Waals surface area contributed by atoms with Crippen LogP contribution in [0, 0.1) is 0 Å². The van der Waals surface area contributed by atoms with Crippen molar-refractivity contribution in [3.8, 4) is 11.5 Å². The molecule has 1 aliphatic heterocycles. The van der Waals surface area contributed by atoms with Crippen LogP contribution in [0.1, 0.15) is 15.9 Å². The van der Waals surface area contributed by atoms with E-state index in [-0.39, 0.29) is 17.2 Å². The van der Waals surface area contributed by atoms with Gasteiger partial charge in [-0.15, -0.1) is 0 Å². The van der Waals surface area contributed by atoms with Crippen molar-refractivity contribution >= 4 is 52.2 Å². The molecule has 1 fully saturated rings. The number of esters is 1. The number of aliphatic imine (C=N–C) groups is 1. The summed E-state index contributed by atoms with van der Waals surface area (Å²) in [6.07, 6.45) is 1.72. The number of amides is 1. The molecule has 160 valence electrons. The maximum atomic E-state index is 12.5. The van der Waals surface area contributed by atoms with Gasteiger partial charge in [-0.2, -0.15) is 0 Å². The molecule has 3 aromatic carbocycles. The summed E-state index contributed by atoms with van der Waals surface area (Å²) in [6, 6.07) is 21.0. The van der Waals surface area contributed by atoms with Gasteiger partial charge in [0, 0.05) is 0 Å². The molecule has 0 aliphatic carbocycles. The van der Waals surface area contributed by atoms with Gasteiger partial charge in [-0.05, 0) is 59.8 Å². The minimum absolute atomic E-state index is 0.238. The zero-order valence-corrected chi connectivity index (χ0v) is 18.4. The summed E-state index contributed by atoms with van der Waals surface area (Å²) in [6.45, 7) is 0. The Morgan fingerprint density at radius 2 is 1.78 bits per heavy atom. The molecule has 0 unspecified atom stereocenters. The largest absolute Gasteiger partial charge is 0.493 e. The molecule has 1 heterocycles. The fraction of sp³-hybridized carbons (Fsp3) is 0.0417. The molecule has 6 nitrogen and oxygen atoms in total. The Hall–Kier alpha value is -3.55. The Morgan fingerprint density at radius 3 is 2.53 bits per heavy atom. The number of ether oxygens (including phenoxy) is 2. The molecule has 1 amide bonds. The van der Waals surface area contributed by atoms with Crippen LogP contribution in [-0.2, 0) is 4.79 Å². The summed E-state index contributed by atoms with van der Waals surface area (Å²) < 4.78 is 10.8. The lowest BCUT2D eigenvalue weighted by atomic mass is 10.2. The van der Waals surface area contributed by atoms with E-state index in [4.69, 9.17) is 21.1 Å². The normalized spacial score (nSPS) is 15.6. The molecule has 32 heavy (non-hydrogen) atoms. The van der Waals surface area contributed by atoms with Gasteiger partial charge in [0.25, 0.3) is 5.91 Å². The predicted octanol–water partition coefficient (Wildman–Crippen LogP) is 5.46. The van der Waals surface area contributed by atoms with Crippen LogP contribution in [0.15, 0.2) is 82.7 Å². The van der Waals surface area contributed by atoms with Gasteiger partial charge < -0.3 is 14.8 Å². The van der Waals surface area contributed by atoms with E-state index in [2.05, 4.69) is 10.3 Å². The maximum Gasteiger partial charge on any atom is 0.345 e. The first kappa shape index (κ1) is 21.7. The number of nitrogens with one attached hydrogen (secondary N) is 1. The Kier molecular flexibility index (Phi) is 6.58. The first-order valence-electron chi connectivity index (χ1n) is 9.53. The molecule has 8 heteroatoms. The van der Waals surface area contributed by atoms with Crippen LogP contribution in [0.2, 0.25) is 5.02 Å². The van der Waals surface area contributed by atoms with Crippen molar-refractivity contribution in [1.29, 1.82) is 0 Å². The fourth-order valence-corrected chi connectivity index (χ4v) is 3.95. The van der Waals surface area contributed by atoms with Crippen LogP contribution in [0.5, 0.6) is 11.5 Å². The van der Waals surface area contributed by atoms with Crippen LogP contribution >= 0.6 is 23.4 Å². The van der Waals surface area contributed by atoms with Crippen molar-refractivity contribution in [2.24, 2.45) is 4.99 Å². The zero-order valence-electron chi connectivity index (χ0n) is 16.9. The molecular weight excluding hydrogens is 448 g/mol. The molecular formula is C24H17ClN2O4S. The number of thioether (sulfide) groups is 1. The van der Waals surface area contributed by atoms with Crippen molar-refractivity contribution < 1.29 is 19.1 Å². The number of para-hydroxylation sites is 1. The van der Waals surface area contributed by atoms with Gasteiger partial charge in [-0.25, -0.2) is 9.79 Å². The number of rotatable bonds is 5. The van der Waals surface area contributed by atoms with Gasteiger partial charge in [0.2, 0.25) is 0 Å². The van der Waals surface area contributed by atoms with E-state index in [0.717, 1.165) is 5.69 Å². The number of methoxy groups -OCH3 is 1. The van der Waals surface area contributed by atoms with E-state index in [1.807, 2.05) is 30.3 Å². The van der Waals surface area contributed by atoms with Gasteiger partial charge >= 0.3 is 5.97 Å². The second kappa shape index (κ2) is 9.72. The predicted molar refractivity (Wildman–Crippen MR) is 127 cm³/mol. The number of benzene rings is 3. The molecule has 0 radical (unpaired) electrons. The molecule has 0 spiro atoms. The standard InChI is InChI=1S/C24H17ClN2O4S/c1-30-20-13-15(11-12-19(20)31-23(29)17-9-5-6-10-18(17)25)14-21-22(28)27-24(32-21)26-16-7-3-2-4-8-16/h2-14H,1H3,(H,26,27,28). The van der Waals surface area contributed by atoms with E-state index >= 15 is 0 Å². The average Bonchev–Trinajstić information content (AvgIpc) is 3.14. The highest BCUT2D eigenvalue weighted by Crippen LogP contribution is 2.33. The third-order valence-corrected chi connectivity index (χ3v) is 5.66. The number of amidine groups is 1. The zero-order chi connectivity index (χ0) is 22.5. The summed E-state index contributed by atoms with van der Waals surface area (Å²) in [7, 11) is 1.47. The van der Waals surface area contributed by atoms with E-state index in [1.165, 1.54) is 18.9 Å². The lowest BCUT2D eigenvalue weighted by molar-refractivity contribution is -0.115. The van der Waals surface area contributed by atoms with Crippen molar-refractivity contribution in [1.82, 2.24) is 5.32 Å². The summed E-state index contributed by atoms with van der Waals surface area (Å²) >= 11 is 7.31. The van der Waals surface area contributed by atoms with Crippen LogP contribution in [0.4, 0.5) is 5.69 Å². The van der Waals surface area contributed by atoms with E-state index < -0.39 is 5.97 Å². The highest BCUT2D eigenvalue weighted by Gasteiger charge is 2.24. The molecule has 3 aromatic rings. The number of carbonyl (C=O) groups excluding carboxylic acids is 2. The number of hydrogen-bond acceptors (Lipinski definition) is 6. The van der Waals surface area contributed by atoms with E-state index in [9.17, 15) is 9.59 Å². The van der Waals surface area contributed by atoms with Gasteiger partial charge in [-0.1, -0.05) is 48.0 Å². The highest BCUT2D eigenvalue weighted by molar-refractivity contribution is 8.18. The Labute approximate surface area is 193 Å². The number of carbonyl (C=O) groups is 2. The topological polar surface area (TPSA) is 77.0 Å². The van der Waals surface area contributed by atoms with Gasteiger partial charge in [-0.3, -0.25) is 4.79 Å². The first-order chi connectivity index (χ1) is 15.5.